The zero-order chi connectivity index (χ0) is 17.1. The Morgan fingerprint density at radius 3 is 2.62 bits per heavy atom. The van der Waals surface area contributed by atoms with E-state index in [1.807, 2.05) is 49.3 Å². The molecule has 24 heavy (non-hydrogen) atoms. The fourth-order valence-electron chi connectivity index (χ4n) is 2.80. The summed E-state index contributed by atoms with van der Waals surface area (Å²) in [6.45, 7) is 1.29. The molecular formula is C19H22N2O3. The molecule has 0 fully saturated rings. The van der Waals surface area contributed by atoms with Gasteiger partial charge in [0, 0.05) is 25.6 Å². The van der Waals surface area contributed by atoms with Crippen LogP contribution in [0.4, 0.5) is 5.69 Å². The summed E-state index contributed by atoms with van der Waals surface area (Å²) in [7, 11) is 3.94. The van der Waals surface area contributed by atoms with Gasteiger partial charge in [0.1, 0.15) is 11.5 Å². The van der Waals surface area contributed by atoms with Crippen LogP contribution < -0.4 is 9.64 Å². The third kappa shape index (κ3) is 3.51. The van der Waals surface area contributed by atoms with E-state index in [0.29, 0.717) is 24.4 Å². The van der Waals surface area contributed by atoms with Crippen molar-refractivity contribution in [3.8, 4) is 11.5 Å². The SMILES string of the molecule is CN(C)CCN1C(=O)C(Cc2ccccc2)Oc2ccc(O)cc21. The van der Waals surface area contributed by atoms with Gasteiger partial charge >= 0.3 is 0 Å². The van der Waals surface area contributed by atoms with E-state index in [-0.39, 0.29) is 11.7 Å². The van der Waals surface area contributed by atoms with E-state index in [0.717, 1.165) is 12.1 Å². The number of hydrogen-bond donors (Lipinski definition) is 1. The van der Waals surface area contributed by atoms with E-state index in [1.165, 1.54) is 0 Å². The van der Waals surface area contributed by atoms with Crippen molar-refractivity contribution in [3.63, 3.8) is 0 Å². The highest BCUT2D eigenvalue weighted by Gasteiger charge is 2.34. The van der Waals surface area contributed by atoms with E-state index in [4.69, 9.17) is 4.74 Å². The van der Waals surface area contributed by atoms with Gasteiger partial charge in [-0.25, -0.2) is 0 Å². The number of ether oxygens (including phenoxy) is 1. The van der Waals surface area contributed by atoms with Crippen LogP contribution in [0.25, 0.3) is 0 Å². The first-order valence-electron chi connectivity index (χ1n) is 8.04. The highest BCUT2D eigenvalue weighted by Crippen LogP contribution is 2.37. The fraction of sp³-hybridized carbons (Fsp3) is 0.316. The van der Waals surface area contributed by atoms with E-state index in [2.05, 4.69) is 0 Å². The zero-order valence-corrected chi connectivity index (χ0v) is 14.0. The Hall–Kier alpha value is -2.53. The molecule has 0 bridgehead atoms. The minimum Gasteiger partial charge on any atom is -0.508 e. The summed E-state index contributed by atoms with van der Waals surface area (Å²) in [4.78, 5) is 16.7. The van der Waals surface area contributed by atoms with Gasteiger partial charge in [0.15, 0.2) is 6.10 Å². The smallest absolute Gasteiger partial charge is 0.268 e. The first-order chi connectivity index (χ1) is 11.5. The Morgan fingerprint density at radius 2 is 1.92 bits per heavy atom. The lowest BCUT2D eigenvalue weighted by molar-refractivity contribution is -0.126. The quantitative estimate of drug-likeness (QED) is 0.916. The molecule has 1 unspecified atom stereocenters. The topological polar surface area (TPSA) is 53.0 Å². The monoisotopic (exact) mass is 326 g/mol. The maximum atomic E-state index is 12.9. The van der Waals surface area contributed by atoms with Gasteiger partial charge in [0.2, 0.25) is 0 Å². The molecule has 2 aromatic carbocycles. The predicted molar refractivity (Wildman–Crippen MR) is 93.6 cm³/mol. The Kier molecular flexibility index (Phi) is 4.71. The molecule has 5 heteroatoms. The van der Waals surface area contributed by atoms with Crippen LogP contribution in [0, 0.1) is 0 Å². The number of hydrogen-bond acceptors (Lipinski definition) is 4. The molecule has 3 rings (SSSR count). The molecule has 1 amide bonds. The zero-order valence-electron chi connectivity index (χ0n) is 14.0. The van der Waals surface area contributed by atoms with E-state index >= 15 is 0 Å². The maximum absolute atomic E-state index is 12.9. The summed E-state index contributed by atoms with van der Waals surface area (Å²) in [6, 6.07) is 14.7. The molecule has 5 nitrogen and oxygen atoms in total. The number of anilines is 1. The summed E-state index contributed by atoms with van der Waals surface area (Å²) in [5.74, 6) is 0.687. The number of likely N-dealkylation sites (N-methyl/N-ethyl adjacent to an activating group) is 1. The van der Waals surface area contributed by atoms with Crippen molar-refractivity contribution in [1.82, 2.24) is 4.90 Å². The first-order valence-corrected chi connectivity index (χ1v) is 8.04. The summed E-state index contributed by atoms with van der Waals surface area (Å²) < 4.78 is 5.92. The van der Waals surface area contributed by atoms with Crippen molar-refractivity contribution < 1.29 is 14.6 Å². The second-order valence-electron chi connectivity index (χ2n) is 6.24. The second kappa shape index (κ2) is 6.93. The number of carbonyl (C=O) groups is 1. The predicted octanol–water partition coefficient (Wildman–Crippen LogP) is 2.29. The van der Waals surface area contributed by atoms with Gasteiger partial charge in [-0.15, -0.1) is 0 Å². The van der Waals surface area contributed by atoms with Crippen LogP contribution in [-0.4, -0.2) is 49.2 Å². The highest BCUT2D eigenvalue weighted by atomic mass is 16.5. The number of amides is 1. The van der Waals surface area contributed by atoms with Gasteiger partial charge in [-0.05, 0) is 31.8 Å². The van der Waals surface area contributed by atoms with Gasteiger partial charge in [0.05, 0.1) is 5.69 Å². The van der Waals surface area contributed by atoms with Crippen LogP contribution >= 0.6 is 0 Å². The average Bonchev–Trinajstić information content (AvgIpc) is 2.56. The Labute approximate surface area is 142 Å². The third-order valence-electron chi connectivity index (χ3n) is 4.08. The van der Waals surface area contributed by atoms with Crippen LogP contribution in [0.3, 0.4) is 0 Å². The van der Waals surface area contributed by atoms with Gasteiger partial charge < -0.3 is 19.6 Å². The number of phenols is 1. The van der Waals surface area contributed by atoms with Crippen molar-refractivity contribution in [2.45, 2.75) is 12.5 Å². The number of nitrogens with zero attached hydrogens (tertiary/aromatic N) is 2. The minimum atomic E-state index is -0.549. The largest absolute Gasteiger partial charge is 0.508 e. The molecule has 0 spiro atoms. The molecule has 0 aliphatic carbocycles. The molecule has 2 aromatic rings. The van der Waals surface area contributed by atoms with E-state index in [9.17, 15) is 9.90 Å². The summed E-state index contributed by atoms with van der Waals surface area (Å²) in [5, 5.41) is 9.77. The van der Waals surface area contributed by atoms with Gasteiger partial charge in [0.25, 0.3) is 5.91 Å². The Bertz CT molecular complexity index is 716. The molecule has 1 heterocycles. The number of rotatable bonds is 5. The number of carbonyl (C=O) groups excluding carboxylic acids is 1. The Morgan fingerprint density at radius 1 is 1.17 bits per heavy atom. The van der Waals surface area contributed by atoms with E-state index < -0.39 is 6.10 Å². The molecule has 1 atom stereocenters. The summed E-state index contributed by atoms with van der Waals surface area (Å²) in [6.07, 6.45) is -0.0232. The summed E-state index contributed by atoms with van der Waals surface area (Å²) in [5.41, 5.74) is 1.69. The normalized spacial score (nSPS) is 16.9. The van der Waals surface area contributed by atoms with E-state index in [1.54, 1.807) is 23.1 Å². The molecule has 0 radical (unpaired) electrons. The maximum Gasteiger partial charge on any atom is 0.268 e. The molecule has 1 N–H and O–H groups in total. The molecule has 126 valence electrons. The first kappa shape index (κ1) is 16.3. The summed E-state index contributed by atoms with van der Waals surface area (Å²) >= 11 is 0. The van der Waals surface area contributed by atoms with Crippen LogP contribution in [0.15, 0.2) is 48.5 Å². The molecule has 0 saturated carbocycles. The average molecular weight is 326 g/mol. The van der Waals surface area contributed by atoms with Crippen molar-refractivity contribution >= 4 is 11.6 Å². The van der Waals surface area contributed by atoms with Crippen LogP contribution in [0.5, 0.6) is 11.5 Å². The number of aromatic hydroxyl groups is 1. The van der Waals surface area contributed by atoms with Crippen molar-refractivity contribution in [2.24, 2.45) is 0 Å². The van der Waals surface area contributed by atoms with Crippen molar-refractivity contribution in [3.05, 3.63) is 54.1 Å². The van der Waals surface area contributed by atoms with Gasteiger partial charge in [-0.3, -0.25) is 4.79 Å². The lowest BCUT2D eigenvalue weighted by atomic mass is 10.0. The van der Waals surface area contributed by atoms with Crippen LogP contribution in [-0.2, 0) is 11.2 Å². The number of benzene rings is 2. The van der Waals surface area contributed by atoms with Crippen molar-refractivity contribution in [2.75, 3.05) is 32.1 Å². The molecule has 0 saturated heterocycles. The van der Waals surface area contributed by atoms with Gasteiger partial charge in [-0.1, -0.05) is 30.3 Å². The Balaban J connectivity index is 1.88. The van der Waals surface area contributed by atoms with Crippen LogP contribution in [0.1, 0.15) is 5.56 Å². The molecule has 1 aliphatic heterocycles. The second-order valence-corrected chi connectivity index (χ2v) is 6.24. The molecule has 1 aliphatic rings. The van der Waals surface area contributed by atoms with Crippen LogP contribution in [0.2, 0.25) is 0 Å². The number of phenolic OH excluding ortho intramolecular Hbond substituents is 1. The molecular weight excluding hydrogens is 304 g/mol. The van der Waals surface area contributed by atoms with Crippen molar-refractivity contribution in [1.29, 1.82) is 0 Å². The number of fused-ring (bicyclic) bond motifs is 1. The minimum absolute atomic E-state index is 0.0706. The highest BCUT2D eigenvalue weighted by molar-refractivity contribution is 6.00. The lowest BCUT2D eigenvalue weighted by Crippen LogP contribution is -2.49. The third-order valence-corrected chi connectivity index (χ3v) is 4.08. The standard InChI is InChI=1S/C19H22N2O3/c1-20(2)10-11-21-16-13-15(22)8-9-17(16)24-18(19(21)23)12-14-6-4-3-5-7-14/h3-9,13,18,22H,10-12H2,1-2H3. The van der Waals surface area contributed by atoms with Gasteiger partial charge in [-0.2, -0.15) is 0 Å². The lowest BCUT2D eigenvalue weighted by Gasteiger charge is -2.35. The molecule has 0 aromatic heterocycles. The fourth-order valence-corrected chi connectivity index (χ4v) is 2.80.